The van der Waals surface area contributed by atoms with Crippen LogP contribution in [0.5, 0.6) is 0 Å². The molecule has 0 radical (unpaired) electrons. The Balaban J connectivity index is 2.07. The zero-order valence-electron chi connectivity index (χ0n) is 9.85. The molecule has 1 aliphatic heterocycles. The molecule has 1 aromatic carbocycles. The summed E-state index contributed by atoms with van der Waals surface area (Å²) in [6, 6.07) is 7.77. The average molecular weight is 234 g/mol. The van der Waals surface area contributed by atoms with Gasteiger partial charge in [-0.3, -0.25) is 4.79 Å². The first kappa shape index (κ1) is 11.9. The smallest absolute Gasteiger partial charge is 0.250 e. The molecule has 1 aromatic rings. The van der Waals surface area contributed by atoms with Crippen molar-refractivity contribution in [1.29, 1.82) is 0 Å². The monoisotopic (exact) mass is 234 g/mol. The minimum absolute atomic E-state index is 0.374. The molecule has 0 bridgehead atoms. The summed E-state index contributed by atoms with van der Waals surface area (Å²) >= 11 is 0. The molecular formula is C13H18N2O2. The van der Waals surface area contributed by atoms with Gasteiger partial charge < -0.3 is 15.3 Å². The van der Waals surface area contributed by atoms with E-state index in [1.165, 1.54) is 19.3 Å². The van der Waals surface area contributed by atoms with Gasteiger partial charge >= 0.3 is 0 Å². The molecule has 1 amide bonds. The summed E-state index contributed by atoms with van der Waals surface area (Å²) in [4.78, 5) is 13.4. The third-order valence-electron chi connectivity index (χ3n) is 2.99. The lowest BCUT2D eigenvalue weighted by atomic mass is 10.1. The topological polar surface area (TPSA) is 52.6 Å². The molecule has 0 atom stereocenters. The van der Waals surface area contributed by atoms with E-state index in [4.69, 9.17) is 5.11 Å². The van der Waals surface area contributed by atoms with E-state index in [0.29, 0.717) is 0 Å². The van der Waals surface area contributed by atoms with Crippen molar-refractivity contribution in [3.8, 4) is 0 Å². The third kappa shape index (κ3) is 3.20. The van der Waals surface area contributed by atoms with Gasteiger partial charge in [-0.15, -0.1) is 0 Å². The number of nitrogens with zero attached hydrogens (tertiary/aromatic N) is 1. The van der Waals surface area contributed by atoms with Crippen LogP contribution in [-0.4, -0.2) is 30.7 Å². The van der Waals surface area contributed by atoms with Crippen LogP contribution in [0.1, 0.15) is 19.3 Å². The van der Waals surface area contributed by atoms with Crippen LogP contribution in [0.4, 0.5) is 11.4 Å². The van der Waals surface area contributed by atoms with Crippen molar-refractivity contribution in [2.24, 2.45) is 0 Å². The predicted octanol–water partition coefficient (Wildman–Crippen LogP) is 1.61. The maximum atomic E-state index is 11.1. The normalized spacial score (nSPS) is 15.7. The van der Waals surface area contributed by atoms with Crippen molar-refractivity contribution < 1.29 is 9.90 Å². The summed E-state index contributed by atoms with van der Waals surface area (Å²) in [5.41, 5.74) is 1.88. The minimum atomic E-state index is -0.478. The molecule has 4 heteroatoms. The van der Waals surface area contributed by atoms with Gasteiger partial charge in [0.25, 0.3) is 0 Å². The zero-order valence-corrected chi connectivity index (χ0v) is 9.85. The van der Waals surface area contributed by atoms with Gasteiger partial charge in [0.1, 0.15) is 6.61 Å². The largest absolute Gasteiger partial charge is 0.387 e. The molecule has 0 aromatic heterocycles. The number of amides is 1. The Morgan fingerprint density at radius 2 is 2.06 bits per heavy atom. The highest BCUT2D eigenvalue weighted by Gasteiger charge is 2.11. The van der Waals surface area contributed by atoms with Gasteiger partial charge in [-0.1, -0.05) is 6.07 Å². The van der Waals surface area contributed by atoms with Crippen molar-refractivity contribution in [3.63, 3.8) is 0 Å². The Labute approximate surface area is 101 Å². The molecule has 4 nitrogen and oxygen atoms in total. The number of carbonyl (C=O) groups excluding carboxylic acids is 1. The molecule has 1 saturated heterocycles. The van der Waals surface area contributed by atoms with Crippen LogP contribution < -0.4 is 10.2 Å². The fourth-order valence-electron chi connectivity index (χ4n) is 2.13. The molecule has 2 N–H and O–H groups in total. The first-order valence-electron chi connectivity index (χ1n) is 6.05. The van der Waals surface area contributed by atoms with Crippen LogP contribution in [0.2, 0.25) is 0 Å². The van der Waals surface area contributed by atoms with Crippen LogP contribution in [0, 0.1) is 0 Å². The van der Waals surface area contributed by atoms with E-state index in [1.54, 1.807) is 0 Å². The summed E-state index contributed by atoms with van der Waals surface area (Å²) in [5.74, 6) is -0.374. The van der Waals surface area contributed by atoms with E-state index in [0.717, 1.165) is 24.5 Å². The first-order chi connectivity index (χ1) is 8.29. The SMILES string of the molecule is O=C(CO)Nc1cccc(N2CCCCC2)c1. The number of carbonyl (C=O) groups is 1. The Kier molecular flexibility index (Phi) is 3.98. The Bertz CT molecular complexity index is 387. The number of aliphatic hydroxyl groups excluding tert-OH is 1. The Hall–Kier alpha value is -1.55. The average Bonchev–Trinajstić information content (AvgIpc) is 2.40. The highest BCUT2D eigenvalue weighted by atomic mass is 16.3. The zero-order chi connectivity index (χ0) is 12.1. The number of nitrogens with one attached hydrogen (secondary N) is 1. The summed E-state index contributed by atoms with van der Waals surface area (Å²) in [7, 11) is 0. The van der Waals surface area contributed by atoms with Crippen molar-refractivity contribution >= 4 is 17.3 Å². The first-order valence-corrected chi connectivity index (χ1v) is 6.05. The quantitative estimate of drug-likeness (QED) is 0.835. The molecule has 0 aliphatic carbocycles. The second-order valence-electron chi connectivity index (χ2n) is 4.30. The summed E-state index contributed by atoms with van der Waals surface area (Å²) in [6.07, 6.45) is 3.76. The van der Waals surface area contributed by atoms with Gasteiger partial charge in [0.2, 0.25) is 5.91 Å². The van der Waals surface area contributed by atoms with Crippen LogP contribution in [0.3, 0.4) is 0 Å². The number of hydrogen-bond acceptors (Lipinski definition) is 3. The van der Waals surface area contributed by atoms with E-state index >= 15 is 0 Å². The van der Waals surface area contributed by atoms with Crippen LogP contribution in [0.25, 0.3) is 0 Å². The van der Waals surface area contributed by atoms with E-state index in [2.05, 4.69) is 16.3 Å². The lowest BCUT2D eigenvalue weighted by molar-refractivity contribution is -0.118. The molecule has 17 heavy (non-hydrogen) atoms. The molecule has 0 spiro atoms. The standard InChI is InChI=1S/C13H18N2O2/c16-10-13(17)14-11-5-4-6-12(9-11)15-7-2-1-3-8-15/h4-6,9,16H,1-3,7-8,10H2,(H,14,17). The molecule has 0 unspecified atom stereocenters. The van der Waals surface area contributed by atoms with E-state index in [9.17, 15) is 4.79 Å². The fraction of sp³-hybridized carbons (Fsp3) is 0.462. The van der Waals surface area contributed by atoms with Crippen molar-refractivity contribution in [3.05, 3.63) is 24.3 Å². The number of benzene rings is 1. The van der Waals surface area contributed by atoms with Crippen LogP contribution in [-0.2, 0) is 4.79 Å². The molecule has 2 rings (SSSR count). The predicted molar refractivity (Wildman–Crippen MR) is 68.2 cm³/mol. The number of aliphatic hydroxyl groups is 1. The Morgan fingerprint density at radius 3 is 2.76 bits per heavy atom. The maximum Gasteiger partial charge on any atom is 0.250 e. The molecule has 1 fully saturated rings. The van der Waals surface area contributed by atoms with Crippen molar-refractivity contribution in [1.82, 2.24) is 0 Å². The van der Waals surface area contributed by atoms with Crippen molar-refractivity contribution in [2.75, 3.05) is 29.9 Å². The van der Waals surface area contributed by atoms with Gasteiger partial charge in [0.05, 0.1) is 0 Å². The summed E-state index contributed by atoms with van der Waals surface area (Å²) in [6.45, 7) is 1.68. The van der Waals surface area contributed by atoms with E-state index < -0.39 is 6.61 Å². The number of anilines is 2. The number of piperidine rings is 1. The van der Waals surface area contributed by atoms with Gasteiger partial charge in [0.15, 0.2) is 0 Å². The highest BCUT2D eigenvalue weighted by molar-refractivity contribution is 5.92. The molecule has 1 heterocycles. The summed E-state index contributed by atoms with van der Waals surface area (Å²) in [5, 5.41) is 11.3. The van der Waals surface area contributed by atoms with E-state index in [-0.39, 0.29) is 5.91 Å². The highest BCUT2D eigenvalue weighted by Crippen LogP contribution is 2.22. The van der Waals surface area contributed by atoms with Crippen molar-refractivity contribution in [2.45, 2.75) is 19.3 Å². The molecule has 92 valence electrons. The molecular weight excluding hydrogens is 216 g/mol. The number of hydrogen-bond donors (Lipinski definition) is 2. The van der Waals surface area contributed by atoms with Gasteiger partial charge in [0, 0.05) is 24.5 Å². The van der Waals surface area contributed by atoms with Gasteiger partial charge in [-0.05, 0) is 37.5 Å². The third-order valence-corrected chi connectivity index (χ3v) is 2.99. The fourth-order valence-corrected chi connectivity index (χ4v) is 2.13. The van der Waals surface area contributed by atoms with E-state index in [1.807, 2.05) is 18.2 Å². The summed E-state index contributed by atoms with van der Waals surface area (Å²) < 4.78 is 0. The second kappa shape index (κ2) is 5.68. The van der Waals surface area contributed by atoms with Gasteiger partial charge in [-0.25, -0.2) is 0 Å². The maximum absolute atomic E-state index is 11.1. The lowest BCUT2D eigenvalue weighted by Crippen LogP contribution is -2.29. The lowest BCUT2D eigenvalue weighted by Gasteiger charge is -2.29. The molecule has 1 aliphatic rings. The number of rotatable bonds is 3. The van der Waals surface area contributed by atoms with Gasteiger partial charge in [-0.2, -0.15) is 0 Å². The van der Waals surface area contributed by atoms with Crippen LogP contribution >= 0.6 is 0 Å². The second-order valence-corrected chi connectivity index (χ2v) is 4.30. The minimum Gasteiger partial charge on any atom is -0.387 e. The molecule has 0 saturated carbocycles. The van der Waals surface area contributed by atoms with Crippen LogP contribution in [0.15, 0.2) is 24.3 Å². The Morgan fingerprint density at radius 1 is 1.29 bits per heavy atom.